The minimum absolute atomic E-state index is 0.966. The lowest BCUT2D eigenvalue weighted by Crippen LogP contribution is -2.75. The summed E-state index contributed by atoms with van der Waals surface area (Å²) in [6, 6.07) is 38.4. The van der Waals surface area contributed by atoms with Crippen molar-refractivity contribution in [3.05, 3.63) is 146 Å². The number of hydrogen-bond acceptors (Lipinski definition) is 4. The van der Waals surface area contributed by atoms with Crippen molar-refractivity contribution in [2.24, 2.45) is 0 Å². The highest BCUT2D eigenvalue weighted by Gasteiger charge is 2.45. The van der Waals surface area contributed by atoms with E-state index in [9.17, 15) is 0 Å². The Morgan fingerprint density at radius 1 is 0.378 bits per heavy atom. The summed E-state index contributed by atoms with van der Waals surface area (Å²) in [5.41, 5.74) is 4.02. The Bertz CT molecular complexity index is 1480. The molecular weight excluding hydrogens is 468 g/mol. The molecule has 4 heterocycles. The van der Waals surface area contributed by atoms with E-state index in [0.29, 0.717) is 0 Å². The molecule has 0 aliphatic carbocycles. The van der Waals surface area contributed by atoms with Crippen LogP contribution in [0.3, 0.4) is 0 Å². The lowest BCUT2D eigenvalue weighted by molar-refractivity contribution is 1.29. The molecule has 0 bridgehead atoms. The Balaban J connectivity index is 1.80. The number of rotatable bonds is 6. The zero-order chi connectivity index (χ0) is 24.9. The van der Waals surface area contributed by atoms with Crippen molar-refractivity contribution in [2.75, 3.05) is 0 Å². The molecule has 0 saturated carbocycles. The van der Waals surface area contributed by atoms with Crippen LogP contribution in [0.5, 0.6) is 0 Å². The molecule has 6 aromatic rings. The van der Waals surface area contributed by atoms with E-state index in [4.69, 9.17) is 9.97 Å². The highest BCUT2D eigenvalue weighted by molar-refractivity contribution is 7.20. The van der Waals surface area contributed by atoms with E-state index in [2.05, 4.69) is 94.9 Å². The monoisotopic (exact) mass is 492 g/mol. The smallest absolute Gasteiger partial charge is 0.184 e. The highest BCUT2D eigenvalue weighted by atomic mass is 28.3. The second-order valence-electron chi connectivity index (χ2n) is 8.75. The Kier molecular flexibility index (Phi) is 6.19. The van der Waals surface area contributed by atoms with Crippen LogP contribution in [0.1, 0.15) is 0 Å². The van der Waals surface area contributed by atoms with Gasteiger partial charge in [-0.2, -0.15) is 0 Å². The maximum atomic E-state index is 4.97. The average molecular weight is 493 g/mol. The van der Waals surface area contributed by atoms with Crippen molar-refractivity contribution in [2.45, 2.75) is 0 Å². The minimum atomic E-state index is -2.92. The normalized spacial score (nSPS) is 11.2. The maximum absolute atomic E-state index is 4.97. The molecule has 0 amide bonds. The van der Waals surface area contributed by atoms with Crippen LogP contribution in [-0.2, 0) is 0 Å². The Labute approximate surface area is 217 Å². The van der Waals surface area contributed by atoms with Crippen LogP contribution in [0, 0.1) is 0 Å². The summed E-state index contributed by atoms with van der Waals surface area (Å²) in [4.78, 5) is 18.5. The zero-order valence-corrected chi connectivity index (χ0v) is 21.1. The molecule has 0 aliphatic heterocycles. The van der Waals surface area contributed by atoms with Crippen molar-refractivity contribution in [3.8, 4) is 22.5 Å². The summed E-state index contributed by atoms with van der Waals surface area (Å²) in [5, 5.41) is 4.96. The third-order valence-corrected chi connectivity index (χ3v) is 11.6. The molecule has 6 rings (SSSR count). The molecule has 37 heavy (non-hydrogen) atoms. The molecule has 0 N–H and O–H groups in total. The SMILES string of the molecule is c1ccc([Si](c2ccccc2)(c2cccnc2-c2ccncc2)c2cccnc2-c2ccncc2)cc1. The van der Waals surface area contributed by atoms with Gasteiger partial charge in [-0.3, -0.25) is 19.9 Å². The third kappa shape index (κ3) is 4.05. The summed E-state index contributed by atoms with van der Waals surface area (Å²) < 4.78 is 0. The molecule has 0 atom stereocenters. The van der Waals surface area contributed by atoms with Gasteiger partial charge in [-0.1, -0.05) is 72.8 Å². The fourth-order valence-electron chi connectivity index (χ4n) is 5.21. The van der Waals surface area contributed by atoms with Gasteiger partial charge in [-0.05, 0) is 57.1 Å². The van der Waals surface area contributed by atoms with E-state index < -0.39 is 8.07 Å². The van der Waals surface area contributed by atoms with Gasteiger partial charge in [0, 0.05) is 48.3 Å². The Hall–Kier alpha value is -4.74. The summed E-state index contributed by atoms with van der Waals surface area (Å²) in [6.07, 6.45) is 11.1. The van der Waals surface area contributed by atoms with Gasteiger partial charge in [0.1, 0.15) is 0 Å². The van der Waals surface area contributed by atoms with E-state index >= 15 is 0 Å². The van der Waals surface area contributed by atoms with Gasteiger partial charge in [-0.25, -0.2) is 0 Å². The van der Waals surface area contributed by atoms with Gasteiger partial charge in [0.05, 0.1) is 11.4 Å². The first-order valence-corrected chi connectivity index (χ1v) is 14.2. The molecule has 2 aromatic carbocycles. The summed E-state index contributed by atoms with van der Waals surface area (Å²) in [7, 11) is -2.92. The van der Waals surface area contributed by atoms with Gasteiger partial charge in [0.15, 0.2) is 8.07 Å². The first kappa shape index (κ1) is 22.7. The van der Waals surface area contributed by atoms with Gasteiger partial charge in [0.25, 0.3) is 0 Å². The van der Waals surface area contributed by atoms with Crippen LogP contribution in [-0.4, -0.2) is 28.0 Å². The molecule has 0 aliphatic rings. The van der Waals surface area contributed by atoms with Crippen molar-refractivity contribution in [1.82, 2.24) is 19.9 Å². The largest absolute Gasteiger partial charge is 0.265 e. The fraction of sp³-hybridized carbons (Fsp3) is 0. The Morgan fingerprint density at radius 3 is 1.19 bits per heavy atom. The number of pyridine rings is 4. The van der Waals surface area contributed by atoms with Gasteiger partial charge < -0.3 is 0 Å². The first-order valence-electron chi connectivity index (χ1n) is 12.2. The van der Waals surface area contributed by atoms with E-state index in [1.165, 1.54) is 20.7 Å². The van der Waals surface area contributed by atoms with E-state index in [-0.39, 0.29) is 0 Å². The predicted octanol–water partition coefficient (Wildman–Crippen LogP) is 3.98. The molecular formula is C32H24N4Si. The molecule has 0 unspecified atom stereocenters. The van der Waals surface area contributed by atoms with Gasteiger partial charge in [-0.15, -0.1) is 0 Å². The Morgan fingerprint density at radius 2 is 0.784 bits per heavy atom. The molecule has 0 radical (unpaired) electrons. The van der Waals surface area contributed by atoms with Crippen LogP contribution >= 0.6 is 0 Å². The molecule has 0 fully saturated rings. The minimum Gasteiger partial charge on any atom is -0.265 e. The van der Waals surface area contributed by atoms with Crippen LogP contribution in [0.25, 0.3) is 22.5 Å². The second kappa shape index (κ2) is 10.1. The van der Waals surface area contributed by atoms with Gasteiger partial charge >= 0.3 is 0 Å². The summed E-state index contributed by atoms with van der Waals surface area (Å²) >= 11 is 0. The fourth-order valence-corrected chi connectivity index (χ4v) is 10.3. The standard InChI is InChI=1S/C32H24N4Si/c1-3-9-27(10-4-1)37(28-11-5-2-6-12-28,29-13-7-19-35-31(29)25-15-21-33-22-16-25)30-14-8-20-36-32(30)26-17-23-34-24-18-26/h1-24H. The number of aromatic nitrogens is 4. The first-order chi connectivity index (χ1) is 18.4. The quantitative estimate of drug-likeness (QED) is 0.330. The third-order valence-electron chi connectivity index (χ3n) is 6.74. The number of hydrogen-bond donors (Lipinski definition) is 0. The van der Waals surface area contributed by atoms with Crippen LogP contribution < -0.4 is 20.7 Å². The van der Waals surface area contributed by atoms with Crippen LogP contribution in [0.15, 0.2) is 146 Å². The summed E-state index contributed by atoms with van der Waals surface area (Å²) in [5.74, 6) is 0. The lowest BCUT2D eigenvalue weighted by Gasteiger charge is -2.36. The second-order valence-corrected chi connectivity index (χ2v) is 12.5. The van der Waals surface area contributed by atoms with Crippen molar-refractivity contribution in [3.63, 3.8) is 0 Å². The lowest BCUT2D eigenvalue weighted by atomic mass is 10.2. The summed E-state index contributed by atoms with van der Waals surface area (Å²) in [6.45, 7) is 0. The van der Waals surface area contributed by atoms with E-state index in [1.54, 1.807) is 0 Å². The van der Waals surface area contributed by atoms with Crippen molar-refractivity contribution >= 4 is 28.8 Å². The molecule has 176 valence electrons. The van der Waals surface area contributed by atoms with Crippen LogP contribution in [0.2, 0.25) is 0 Å². The number of benzene rings is 2. The van der Waals surface area contributed by atoms with Crippen molar-refractivity contribution in [1.29, 1.82) is 0 Å². The van der Waals surface area contributed by atoms with Crippen LogP contribution in [0.4, 0.5) is 0 Å². The van der Waals surface area contributed by atoms with E-state index in [1.807, 2.05) is 61.4 Å². The van der Waals surface area contributed by atoms with E-state index in [0.717, 1.165) is 22.5 Å². The maximum Gasteiger partial charge on any atom is 0.184 e. The molecule has 4 aromatic heterocycles. The topological polar surface area (TPSA) is 51.6 Å². The highest BCUT2D eigenvalue weighted by Crippen LogP contribution is 2.22. The predicted molar refractivity (Wildman–Crippen MR) is 152 cm³/mol. The average Bonchev–Trinajstić information content (AvgIpc) is 3.00. The molecule has 4 nitrogen and oxygen atoms in total. The molecule has 5 heteroatoms. The van der Waals surface area contributed by atoms with Crippen molar-refractivity contribution < 1.29 is 0 Å². The zero-order valence-electron chi connectivity index (χ0n) is 20.1. The number of nitrogens with zero attached hydrogens (tertiary/aromatic N) is 4. The molecule has 0 spiro atoms. The molecule has 0 saturated heterocycles. The van der Waals surface area contributed by atoms with Gasteiger partial charge in [0.2, 0.25) is 0 Å².